The second kappa shape index (κ2) is 6.41. The van der Waals surface area contributed by atoms with E-state index >= 15 is 0 Å². The molecule has 1 N–H and O–H groups in total. The highest BCUT2D eigenvalue weighted by atomic mass is 79.9. The minimum absolute atomic E-state index is 0.0774. The maximum Gasteiger partial charge on any atom is 0.261 e. The Morgan fingerprint density at radius 3 is 2.86 bits per heavy atom. The topological polar surface area (TPSA) is 59.8 Å². The third-order valence-corrected chi connectivity index (χ3v) is 4.84. The van der Waals surface area contributed by atoms with Gasteiger partial charge in [-0.3, -0.25) is 14.5 Å². The van der Waals surface area contributed by atoms with Crippen molar-refractivity contribution in [2.24, 2.45) is 7.05 Å². The standard InChI is InChI=1S/C15H13BrN4OS/c1-20-13(4-5-19-20)12-3-2-10(7-17-12)8-18-15(21)14-6-11(16)9-22-14/h2-7,9H,8H2,1H3,(H,18,21). The average Bonchev–Trinajstić information content (AvgIpc) is 3.14. The fourth-order valence-corrected chi connectivity index (χ4v) is 3.35. The molecule has 0 bridgehead atoms. The van der Waals surface area contributed by atoms with Gasteiger partial charge in [0.2, 0.25) is 0 Å². The van der Waals surface area contributed by atoms with E-state index in [1.807, 2.05) is 36.7 Å². The molecule has 3 aromatic heterocycles. The van der Waals surface area contributed by atoms with Gasteiger partial charge in [0, 0.05) is 35.8 Å². The van der Waals surface area contributed by atoms with E-state index in [-0.39, 0.29) is 5.91 Å². The number of aryl methyl sites for hydroxylation is 1. The summed E-state index contributed by atoms with van der Waals surface area (Å²) in [7, 11) is 1.88. The first-order valence-electron chi connectivity index (χ1n) is 6.59. The summed E-state index contributed by atoms with van der Waals surface area (Å²) in [5.74, 6) is -0.0774. The fraction of sp³-hybridized carbons (Fsp3) is 0.133. The molecule has 5 nitrogen and oxygen atoms in total. The number of carbonyl (C=O) groups excluding carboxylic acids is 1. The summed E-state index contributed by atoms with van der Waals surface area (Å²) in [6.45, 7) is 0.451. The number of carbonyl (C=O) groups is 1. The Labute approximate surface area is 140 Å². The zero-order valence-electron chi connectivity index (χ0n) is 11.8. The van der Waals surface area contributed by atoms with Crippen LogP contribution in [0.25, 0.3) is 11.4 Å². The summed E-state index contributed by atoms with van der Waals surface area (Å²) < 4.78 is 2.70. The zero-order chi connectivity index (χ0) is 15.5. The number of nitrogens with one attached hydrogen (secondary N) is 1. The van der Waals surface area contributed by atoms with Gasteiger partial charge in [0.15, 0.2) is 0 Å². The number of rotatable bonds is 4. The quantitative estimate of drug-likeness (QED) is 0.760. The molecule has 22 heavy (non-hydrogen) atoms. The van der Waals surface area contributed by atoms with Gasteiger partial charge in [-0.1, -0.05) is 6.07 Å². The van der Waals surface area contributed by atoms with E-state index < -0.39 is 0 Å². The van der Waals surface area contributed by atoms with Gasteiger partial charge in [0.25, 0.3) is 5.91 Å². The van der Waals surface area contributed by atoms with Crippen LogP contribution in [0.5, 0.6) is 0 Å². The SMILES string of the molecule is Cn1nccc1-c1ccc(CNC(=O)c2cc(Br)cs2)cn1. The first-order chi connectivity index (χ1) is 10.6. The number of amides is 1. The van der Waals surface area contributed by atoms with Crippen LogP contribution in [-0.2, 0) is 13.6 Å². The number of hydrogen-bond donors (Lipinski definition) is 1. The van der Waals surface area contributed by atoms with Gasteiger partial charge < -0.3 is 5.32 Å². The smallest absolute Gasteiger partial charge is 0.261 e. The van der Waals surface area contributed by atoms with E-state index in [1.54, 1.807) is 17.1 Å². The van der Waals surface area contributed by atoms with Gasteiger partial charge in [0.05, 0.1) is 16.3 Å². The number of pyridine rings is 1. The summed E-state index contributed by atoms with van der Waals surface area (Å²) in [5.41, 5.74) is 2.77. The summed E-state index contributed by atoms with van der Waals surface area (Å²) >= 11 is 4.75. The number of nitrogens with zero attached hydrogens (tertiary/aromatic N) is 3. The van der Waals surface area contributed by atoms with E-state index in [1.165, 1.54) is 11.3 Å². The zero-order valence-corrected chi connectivity index (χ0v) is 14.2. The van der Waals surface area contributed by atoms with E-state index in [0.29, 0.717) is 11.4 Å². The first kappa shape index (κ1) is 14.9. The molecule has 112 valence electrons. The minimum atomic E-state index is -0.0774. The first-order valence-corrected chi connectivity index (χ1v) is 8.26. The summed E-state index contributed by atoms with van der Waals surface area (Å²) in [6, 6.07) is 7.61. The van der Waals surface area contributed by atoms with Crippen LogP contribution in [0.1, 0.15) is 15.2 Å². The predicted molar refractivity (Wildman–Crippen MR) is 89.6 cm³/mol. The molecule has 0 aliphatic rings. The highest BCUT2D eigenvalue weighted by Gasteiger charge is 2.08. The molecule has 0 saturated carbocycles. The normalized spacial score (nSPS) is 10.6. The highest BCUT2D eigenvalue weighted by Crippen LogP contribution is 2.20. The highest BCUT2D eigenvalue weighted by molar-refractivity contribution is 9.10. The molecular formula is C15H13BrN4OS. The fourth-order valence-electron chi connectivity index (χ4n) is 2.01. The monoisotopic (exact) mass is 376 g/mol. The molecule has 0 saturated heterocycles. The van der Waals surface area contributed by atoms with Crippen LogP contribution in [-0.4, -0.2) is 20.7 Å². The Hall–Kier alpha value is -1.99. The van der Waals surface area contributed by atoms with Gasteiger partial charge in [-0.2, -0.15) is 5.10 Å². The molecule has 3 aromatic rings. The molecule has 0 radical (unpaired) electrons. The number of hydrogen-bond acceptors (Lipinski definition) is 4. The van der Waals surface area contributed by atoms with Crippen LogP contribution in [0, 0.1) is 0 Å². The van der Waals surface area contributed by atoms with Crippen LogP contribution in [0.3, 0.4) is 0 Å². The Kier molecular flexibility index (Phi) is 4.35. The maximum atomic E-state index is 12.0. The molecule has 3 rings (SSSR count). The van der Waals surface area contributed by atoms with Crippen molar-refractivity contribution >= 4 is 33.2 Å². The van der Waals surface area contributed by atoms with Gasteiger partial charge >= 0.3 is 0 Å². The second-order valence-corrected chi connectivity index (χ2v) is 6.53. The lowest BCUT2D eigenvalue weighted by atomic mass is 10.2. The van der Waals surface area contributed by atoms with Crippen LogP contribution < -0.4 is 5.32 Å². The van der Waals surface area contributed by atoms with Crippen LogP contribution >= 0.6 is 27.3 Å². The van der Waals surface area contributed by atoms with Crippen LogP contribution in [0.15, 0.2) is 46.5 Å². The lowest BCUT2D eigenvalue weighted by Gasteiger charge is -2.05. The lowest BCUT2D eigenvalue weighted by Crippen LogP contribution is -2.21. The van der Waals surface area contributed by atoms with E-state index in [9.17, 15) is 4.79 Å². The molecule has 0 spiro atoms. The third-order valence-electron chi connectivity index (χ3n) is 3.15. The van der Waals surface area contributed by atoms with Gasteiger partial charge in [-0.25, -0.2) is 0 Å². The molecule has 0 unspecified atom stereocenters. The molecule has 0 aliphatic heterocycles. The Morgan fingerprint density at radius 2 is 2.27 bits per heavy atom. The molecule has 0 aromatic carbocycles. The largest absolute Gasteiger partial charge is 0.347 e. The Bertz CT molecular complexity index is 794. The number of thiophene rings is 1. The van der Waals surface area contributed by atoms with Crippen molar-refractivity contribution in [3.05, 3.63) is 57.0 Å². The lowest BCUT2D eigenvalue weighted by molar-refractivity contribution is 0.0955. The third kappa shape index (κ3) is 3.26. The summed E-state index contributed by atoms with van der Waals surface area (Å²) in [5, 5.41) is 8.90. The summed E-state index contributed by atoms with van der Waals surface area (Å²) in [4.78, 5) is 17.1. The van der Waals surface area contributed by atoms with Gasteiger partial charge in [-0.05, 0) is 39.7 Å². The Morgan fingerprint density at radius 1 is 1.41 bits per heavy atom. The van der Waals surface area contributed by atoms with E-state index in [0.717, 1.165) is 21.4 Å². The van der Waals surface area contributed by atoms with Crippen molar-refractivity contribution in [2.75, 3.05) is 0 Å². The van der Waals surface area contributed by atoms with Gasteiger partial charge in [-0.15, -0.1) is 11.3 Å². The molecule has 0 aliphatic carbocycles. The number of aromatic nitrogens is 3. The molecule has 0 fully saturated rings. The maximum absolute atomic E-state index is 12.0. The van der Waals surface area contributed by atoms with Crippen molar-refractivity contribution in [3.8, 4) is 11.4 Å². The molecular weight excluding hydrogens is 364 g/mol. The van der Waals surface area contributed by atoms with Crippen molar-refractivity contribution in [3.63, 3.8) is 0 Å². The van der Waals surface area contributed by atoms with Gasteiger partial charge in [0.1, 0.15) is 0 Å². The minimum Gasteiger partial charge on any atom is -0.347 e. The number of halogens is 1. The molecule has 1 amide bonds. The van der Waals surface area contributed by atoms with E-state index in [2.05, 4.69) is 31.3 Å². The average molecular weight is 377 g/mol. The van der Waals surface area contributed by atoms with Crippen molar-refractivity contribution in [2.45, 2.75) is 6.54 Å². The summed E-state index contributed by atoms with van der Waals surface area (Å²) in [6.07, 6.45) is 3.51. The van der Waals surface area contributed by atoms with E-state index in [4.69, 9.17) is 0 Å². The molecule has 0 atom stereocenters. The van der Waals surface area contributed by atoms with Crippen molar-refractivity contribution in [1.29, 1.82) is 0 Å². The molecule has 7 heteroatoms. The van der Waals surface area contributed by atoms with Crippen LogP contribution in [0.4, 0.5) is 0 Å². The van der Waals surface area contributed by atoms with Crippen molar-refractivity contribution < 1.29 is 4.79 Å². The molecule has 3 heterocycles. The van der Waals surface area contributed by atoms with Crippen LogP contribution in [0.2, 0.25) is 0 Å². The van der Waals surface area contributed by atoms with Crippen molar-refractivity contribution in [1.82, 2.24) is 20.1 Å². The second-order valence-electron chi connectivity index (χ2n) is 4.70. The predicted octanol–water partition coefficient (Wildman–Crippen LogP) is 3.24. The Balaban J connectivity index is 1.64.